The number of carbonyl (C=O) groups is 1. The third kappa shape index (κ3) is 7.87. The Morgan fingerprint density at radius 1 is 0.919 bits per heavy atom. The maximum Gasteiger partial charge on any atom is 0.322 e. The van der Waals surface area contributed by atoms with E-state index >= 15 is 0 Å². The van der Waals surface area contributed by atoms with Crippen molar-refractivity contribution in [1.29, 1.82) is 0 Å². The van der Waals surface area contributed by atoms with Crippen LogP contribution in [0, 0.1) is 0 Å². The number of amides is 2. The van der Waals surface area contributed by atoms with Gasteiger partial charge in [0.15, 0.2) is 0 Å². The zero-order valence-electron chi connectivity index (χ0n) is 21.5. The van der Waals surface area contributed by atoms with Crippen LogP contribution in [0.1, 0.15) is 11.1 Å². The molecule has 196 valence electrons. The fourth-order valence-corrected chi connectivity index (χ4v) is 4.09. The Balaban J connectivity index is 1.42. The molecule has 8 heteroatoms. The highest BCUT2D eigenvalue weighted by Crippen LogP contribution is 2.29. The number of carbonyl (C=O) groups excluding carboxylic acids is 1. The van der Waals surface area contributed by atoms with Crippen LogP contribution >= 0.6 is 0 Å². The molecule has 3 aromatic carbocycles. The summed E-state index contributed by atoms with van der Waals surface area (Å²) in [5.41, 5.74) is 2.73. The van der Waals surface area contributed by atoms with E-state index < -0.39 is 0 Å². The maximum atomic E-state index is 13.4. The highest BCUT2D eigenvalue weighted by atomic mass is 16.5. The number of morpholine rings is 1. The first kappa shape index (κ1) is 26.3. The number of rotatable bonds is 11. The van der Waals surface area contributed by atoms with Crippen molar-refractivity contribution in [2.45, 2.75) is 13.2 Å². The van der Waals surface area contributed by atoms with Gasteiger partial charge in [0.1, 0.15) is 23.9 Å². The van der Waals surface area contributed by atoms with E-state index in [1.54, 1.807) is 32.4 Å². The van der Waals surface area contributed by atoms with Gasteiger partial charge in [-0.1, -0.05) is 42.5 Å². The summed E-state index contributed by atoms with van der Waals surface area (Å²) in [6, 6.07) is 23.1. The summed E-state index contributed by atoms with van der Waals surface area (Å²) in [6.45, 7) is 5.51. The van der Waals surface area contributed by atoms with Crippen molar-refractivity contribution in [1.82, 2.24) is 9.80 Å². The van der Waals surface area contributed by atoms with Gasteiger partial charge in [-0.15, -0.1) is 0 Å². The van der Waals surface area contributed by atoms with Crippen LogP contribution in [0.4, 0.5) is 10.5 Å². The molecule has 0 unspecified atom stereocenters. The van der Waals surface area contributed by atoms with E-state index in [0.717, 1.165) is 49.7 Å². The minimum absolute atomic E-state index is 0.193. The lowest BCUT2D eigenvalue weighted by Gasteiger charge is -2.30. The highest BCUT2D eigenvalue weighted by Gasteiger charge is 2.19. The average Bonchev–Trinajstić information content (AvgIpc) is 2.96. The van der Waals surface area contributed by atoms with Gasteiger partial charge in [-0.3, -0.25) is 4.90 Å². The minimum atomic E-state index is -0.193. The van der Waals surface area contributed by atoms with Gasteiger partial charge in [0.25, 0.3) is 0 Å². The van der Waals surface area contributed by atoms with Gasteiger partial charge in [-0.05, 0) is 35.4 Å². The van der Waals surface area contributed by atoms with E-state index in [9.17, 15) is 4.79 Å². The molecule has 37 heavy (non-hydrogen) atoms. The first-order valence-corrected chi connectivity index (χ1v) is 12.5. The molecule has 3 aromatic rings. The standard InChI is InChI=1S/C29H35N3O5/c1-34-26-12-13-27(28(20-26)35-2)30-29(33)32(15-14-31-16-18-36-19-17-31)21-23-8-10-25(11-9-23)37-22-24-6-4-3-5-7-24/h3-13,20H,14-19,21-22H2,1-2H3,(H,30,33). The van der Waals surface area contributed by atoms with Crippen LogP contribution in [0.25, 0.3) is 0 Å². The molecule has 8 nitrogen and oxygen atoms in total. The van der Waals surface area contributed by atoms with Gasteiger partial charge in [-0.25, -0.2) is 4.79 Å². The maximum absolute atomic E-state index is 13.4. The van der Waals surface area contributed by atoms with Crippen LogP contribution in [0.5, 0.6) is 17.2 Å². The molecule has 1 saturated heterocycles. The molecule has 0 atom stereocenters. The van der Waals surface area contributed by atoms with E-state index in [4.69, 9.17) is 18.9 Å². The molecule has 0 aromatic heterocycles. The van der Waals surface area contributed by atoms with Crippen molar-refractivity contribution in [3.63, 3.8) is 0 Å². The molecule has 0 saturated carbocycles. The largest absolute Gasteiger partial charge is 0.497 e. The lowest BCUT2D eigenvalue weighted by atomic mass is 10.2. The normalized spacial score (nSPS) is 13.6. The summed E-state index contributed by atoms with van der Waals surface area (Å²) in [7, 11) is 3.17. The van der Waals surface area contributed by atoms with Crippen LogP contribution in [0.3, 0.4) is 0 Å². The van der Waals surface area contributed by atoms with Crippen molar-refractivity contribution < 1.29 is 23.7 Å². The molecule has 0 aliphatic carbocycles. The topological polar surface area (TPSA) is 72.5 Å². The molecule has 1 N–H and O–H groups in total. The molecule has 0 spiro atoms. The van der Waals surface area contributed by atoms with Crippen molar-refractivity contribution in [3.8, 4) is 17.2 Å². The Hall–Kier alpha value is -3.75. The number of anilines is 1. The van der Waals surface area contributed by atoms with Crippen LogP contribution in [-0.2, 0) is 17.9 Å². The molecule has 1 fully saturated rings. The first-order chi connectivity index (χ1) is 18.1. The van der Waals surface area contributed by atoms with Crippen molar-refractivity contribution in [2.24, 2.45) is 0 Å². The Kier molecular flexibility index (Phi) is 9.62. The van der Waals surface area contributed by atoms with Crippen LogP contribution in [0.2, 0.25) is 0 Å². The van der Waals surface area contributed by atoms with E-state index in [2.05, 4.69) is 10.2 Å². The number of hydrogen-bond acceptors (Lipinski definition) is 6. The molecule has 0 radical (unpaired) electrons. The van der Waals surface area contributed by atoms with Gasteiger partial charge in [0.2, 0.25) is 0 Å². The van der Waals surface area contributed by atoms with Gasteiger partial charge in [0.05, 0.1) is 33.1 Å². The van der Waals surface area contributed by atoms with Gasteiger partial charge < -0.3 is 29.2 Å². The fraction of sp³-hybridized carbons (Fsp3) is 0.345. The lowest BCUT2D eigenvalue weighted by Crippen LogP contribution is -2.44. The first-order valence-electron chi connectivity index (χ1n) is 12.5. The number of nitrogens with zero attached hydrogens (tertiary/aromatic N) is 2. The number of urea groups is 1. The second-order valence-corrected chi connectivity index (χ2v) is 8.79. The van der Waals surface area contributed by atoms with Gasteiger partial charge in [0, 0.05) is 38.8 Å². The second-order valence-electron chi connectivity index (χ2n) is 8.79. The number of hydrogen-bond donors (Lipinski definition) is 1. The predicted octanol–water partition coefficient (Wildman–Crippen LogP) is 4.65. The molecular weight excluding hydrogens is 470 g/mol. The summed E-state index contributed by atoms with van der Waals surface area (Å²) < 4.78 is 22.1. The predicted molar refractivity (Wildman–Crippen MR) is 143 cm³/mol. The SMILES string of the molecule is COc1ccc(NC(=O)N(CCN2CCOCC2)Cc2ccc(OCc3ccccc3)cc2)c(OC)c1. The van der Waals surface area contributed by atoms with E-state index in [1.807, 2.05) is 59.5 Å². The van der Waals surface area contributed by atoms with Crippen molar-refractivity contribution in [3.05, 3.63) is 83.9 Å². The zero-order chi connectivity index (χ0) is 25.9. The zero-order valence-corrected chi connectivity index (χ0v) is 21.5. The molecule has 1 aliphatic heterocycles. The van der Waals surface area contributed by atoms with E-state index in [-0.39, 0.29) is 6.03 Å². The lowest BCUT2D eigenvalue weighted by molar-refractivity contribution is 0.0349. The summed E-state index contributed by atoms with van der Waals surface area (Å²) in [6.07, 6.45) is 0. The monoisotopic (exact) mass is 505 g/mol. The second kappa shape index (κ2) is 13.5. The Morgan fingerprint density at radius 3 is 2.35 bits per heavy atom. The van der Waals surface area contributed by atoms with Gasteiger partial charge >= 0.3 is 6.03 Å². The average molecular weight is 506 g/mol. The quantitative estimate of drug-likeness (QED) is 0.409. The Morgan fingerprint density at radius 2 is 1.65 bits per heavy atom. The fourth-order valence-electron chi connectivity index (χ4n) is 4.09. The van der Waals surface area contributed by atoms with Crippen LogP contribution in [0.15, 0.2) is 72.8 Å². The summed E-state index contributed by atoms with van der Waals surface area (Å²) in [5, 5.41) is 3.01. The molecular formula is C29H35N3O5. The number of nitrogens with one attached hydrogen (secondary N) is 1. The number of benzene rings is 3. The molecule has 2 amide bonds. The molecule has 1 aliphatic rings. The minimum Gasteiger partial charge on any atom is -0.497 e. The van der Waals surface area contributed by atoms with Crippen molar-refractivity contribution in [2.75, 3.05) is 58.9 Å². The van der Waals surface area contributed by atoms with Crippen LogP contribution in [-0.4, -0.2) is 69.4 Å². The van der Waals surface area contributed by atoms with Crippen LogP contribution < -0.4 is 19.5 Å². The summed E-state index contributed by atoms with van der Waals surface area (Å²) in [5.74, 6) is 1.99. The summed E-state index contributed by atoms with van der Waals surface area (Å²) in [4.78, 5) is 17.5. The Labute approximate surface area is 218 Å². The molecule has 4 rings (SSSR count). The summed E-state index contributed by atoms with van der Waals surface area (Å²) >= 11 is 0. The third-order valence-corrected chi connectivity index (χ3v) is 6.27. The van der Waals surface area contributed by atoms with Gasteiger partial charge in [-0.2, -0.15) is 0 Å². The number of ether oxygens (including phenoxy) is 4. The highest BCUT2D eigenvalue weighted by molar-refractivity contribution is 5.91. The number of methoxy groups -OCH3 is 2. The van der Waals surface area contributed by atoms with E-state index in [0.29, 0.717) is 36.9 Å². The Bertz CT molecular complexity index is 1120. The molecule has 0 bridgehead atoms. The third-order valence-electron chi connectivity index (χ3n) is 6.27. The smallest absolute Gasteiger partial charge is 0.322 e. The van der Waals surface area contributed by atoms with E-state index in [1.165, 1.54) is 0 Å². The molecule has 1 heterocycles. The van der Waals surface area contributed by atoms with Crippen molar-refractivity contribution >= 4 is 11.7 Å².